The van der Waals surface area contributed by atoms with Gasteiger partial charge >= 0.3 is 15.2 Å². The van der Waals surface area contributed by atoms with Gasteiger partial charge in [0.2, 0.25) is 0 Å². The largest absolute Gasteiger partial charge is 0.369 e. The Hall–Kier alpha value is 0.220. The molecule has 0 aliphatic rings. The van der Waals surface area contributed by atoms with Crippen LogP contribution >= 0.6 is 15.2 Å². The van der Waals surface area contributed by atoms with Crippen molar-refractivity contribution in [2.75, 3.05) is 6.54 Å². The molecule has 0 aromatic rings. The van der Waals surface area contributed by atoms with Crippen LogP contribution < -0.4 is 5.73 Å². The molecular formula is C6H18NO7P2+. The minimum absolute atomic E-state index is 0.113. The monoisotopic (exact) mass is 278 g/mol. The SMILES string of the molecule is [NH3+]CCCCCC(O)(P(=O)(O)O)P(=O)(O)O. The molecule has 8 nitrogen and oxygen atoms in total. The van der Waals surface area contributed by atoms with Crippen molar-refractivity contribution in [3.63, 3.8) is 0 Å². The molecule has 0 saturated carbocycles. The molecule has 0 aromatic heterocycles. The summed E-state index contributed by atoms with van der Waals surface area (Å²) in [5.74, 6) is 0. The molecule has 0 spiro atoms. The lowest BCUT2D eigenvalue weighted by Gasteiger charge is -2.29. The van der Waals surface area contributed by atoms with Crippen molar-refractivity contribution in [3.8, 4) is 0 Å². The third-order valence-electron chi connectivity index (χ3n) is 2.20. The summed E-state index contributed by atoms with van der Waals surface area (Å²) in [5.41, 5.74) is 3.55. The molecule has 16 heavy (non-hydrogen) atoms. The summed E-state index contributed by atoms with van der Waals surface area (Å²) in [6.07, 6.45) is 0.633. The van der Waals surface area contributed by atoms with E-state index < -0.39 is 26.7 Å². The maximum Gasteiger partial charge on any atom is 0.369 e. The van der Waals surface area contributed by atoms with E-state index in [1.807, 2.05) is 0 Å². The summed E-state index contributed by atoms with van der Waals surface area (Å²) in [6, 6.07) is 0. The standard InChI is InChI=1S/C6H17NO7P2/c7-5-3-1-2-4-6(8,15(9,10)11)16(12,13)14/h8H,1-5,7H2,(H2,9,10,11)(H2,12,13,14)/p+1. The highest BCUT2D eigenvalue weighted by Gasteiger charge is 2.58. The maximum atomic E-state index is 10.9. The highest BCUT2D eigenvalue weighted by atomic mass is 31.2. The second-order valence-corrected chi connectivity index (χ2v) is 7.54. The lowest BCUT2D eigenvalue weighted by Crippen LogP contribution is -2.50. The Balaban J connectivity index is 4.73. The molecule has 8 N–H and O–H groups in total. The fraction of sp³-hybridized carbons (Fsp3) is 1.00. The van der Waals surface area contributed by atoms with Crippen LogP contribution in [0.3, 0.4) is 0 Å². The summed E-state index contributed by atoms with van der Waals surface area (Å²) in [5, 5.41) is 6.18. The first-order chi connectivity index (χ1) is 7.06. The number of hydrogen-bond acceptors (Lipinski definition) is 3. The number of rotatable bonds is 7. The van der Waals surface area contributed by atoms with Crippen LogP contribution in [0.4, 0.5) is 0 Å². The zero-order valence-electron chi connectivity index (χ0n) is 8.69. The smallest absolute Gasteiger partial charge is 0.368 e. The second-order valence-electron chi connectivity index (χ2n) is 3.53. The number of hydrogen-bond donors (Lipinski definition) is 6. The van der Waals surface area contributed by atoms with Gasteiger partial charge in [-0.15, -0.1) is 0 Å². The Kier molecular flexibility index (Phi) is 5.79. The van der Waals surface area contributed by atoms with Gasteiger partial charge in [0.05, 0.1) is 6.54 Å². The molecule has 0 fully saturated rings. The Morgan fingerprint density at radius 2 is 1.38 bits per heavy atom. The molecule has 0 unspecified atom stereocenters. The first-order valence-electron chi connectivity index (χ1n) is 4.69. The van der Waals surface area contributed by atoms with Crippen LogP contribution in [-0.4, -0.2) is 36.3 Å². The first-order valence-corrected chi connectivity index (χ1v) is 7.91. The van der Waals surface area contributed by atoms with Crippen molar-refractivity contribution in [3.05, 3.63) is 0 Å². The summed E-state index contributed by atoms with van der Waals surface area (Å²) in [4.78, 5) is 35.1. The minimum Gasteiger partial charge on any atom is -0.368 e. The summed E-state index contributed by atoms with van der Waals surface area (Å²) in [6.45, 7) is 0.615. The normalized spacial score (nSPS) is 14.1. The van der Waals surface area contributed by atoms with Gasteiger partial charge < -0.3 is 30.4 Å². The molecule has 0 heterocycles. The molecule has 0 bridgehead atoms. The van der Waals surface area contributed by atoms with Crippen LogP contribution in [0, 0.1) is 0 Å². The van der Waals surface area contributed by atoms with Crippen LogP contribution in [-0.2, 0) is 9.13 Å². The predicted octanol–water partition coefficient (Wildman–Crippen LogP) is -1.21. The molecule has 98 valence electrons. The molecule has 0 saturated heterocycles. The average Bonchev–Trinajstić information content (AvgIpc) is 2.08. The van der Waals surface area contributed by atoms with E-state index in [4.69, 9.17) is 19.6 Å². The van der Waals surface area contributed by atoms with Crippen LogP contribution in [0.25, 0.3) is 0 Å². The van der Waals surface area contributed by atoms with Gasteiger partial charge in [0.1, 0.15) is 0 Å². The van der Waals surface area contributed by atoms with Crippen molar-refractivity contribution in [1.29, 1.82) is 0 Å². The molecule has 0 aromatic carbocycles. The summed E-state index contributed by atoms with van der Waals surface area (Å²) in [7, 11) is -10.6. The van der Waals surface area contributed by atoms with Crippen LogP contribution in [0.2, 0.25) is 0 Å². The van der Waals surface area contributed by atoms with E-state index in [0.717, 1.165) is 0 Å². The van der Waals surface area contributed by atoms with Gasteiger partial charge in [0.25, 0.3) is 5.08 Å². The predicted molar refractivity (Wildman–Crippen MR) is 55.3 cm³/mol. The summed E-state index contributed by atoms with van der Waals surface area (Å²) >= 11 is 0. The third-order valence-corrected chi connectivity index (χ3v) is 6.07. The number of unbranched alkanes of at least 4 members (excludes halogenated alkanes) is 2. The number of quaternary nitrogens is 1. The van der Waals surface area contributed by atoms with Gasteiger partial charge in [-0.2, -0.15) is 0 Å². The topological polar surface area (TPSA) is 163 Å². The van der Waals surface area contributed by atoms with Gasteiger partial charge in [-0.1, -0.05) is 0 Å². The van der Waals surface area contributed by atoms with Crippen molar-refractivity contribution in [2.45, 2.75) is 30.8 Å². The van der Waals surface area contributed by atoms with Crippen molar-refractivity contribution >= 4 is 15.2 Å². The van der Waals surface area contributed by atoms with E-state index in [0.29, 0.717) is 19.4 Å². The molecule has 10 heteroatoms. The Labute approximate surface area is 92.8 Å². The highest BCUT2D eigenvalue weighted by Crippen LogP contribution is 2.69. The minimum atomic E-state index is -5.28. The lowest BCUT2D eigenvalue weighted by atomic mass is 10.2. The van der Waals surface area contributed by atoms with Gasteiger partial charge in [-0.25, -0.2) is 0 Å². The van der Waals surface area contributed by atoms with Gasteiger partial charge in [-0.3, -0.25) is 9.13 Å². The fourth-order valence-electron chi connectivity index (χ4n) is 1.18. The quantitative estimate of drug-likeness (QED) is 0.251. The van der Waals surface area contributed by atoms with Crippen LogP contribution in [0.1, 0.15) is 25.7 Å². The van der Waals surface area contributed by atoms with E-state index in [2.05, 4.69) is 5.73 Å². The fourth-order valence-corrected chi connectivity index (χ4v) is 3.43. The van der Waals surface area contributed by atoms with E-state index in [1.54, 1.807) is 0 Å². The highest BCUT2D eigenvalue weighted by molar-refractivity contribution is 7.72. The van der Waals surface area contributed by atoms with E-state index in [9.17, 15) is 14.2 Å². The van der Waals surface area contributed by atoms with Crippen LogP contribution in [0.5, 0.6) is 0 Å². The average molecular weight is 278 g/mol. The van der Waals surface area contributed by atoms with Gasteiger partial charge in [0.15, 0.2) is 0 Å². The van der Waals surface area contributed by atoms with E-state index >= 15 is 0 Å². The molecule has 0 aliphatic carbocycles. The Morgan fingerprint density at radius 1 is 0.938 bits per heavy atom. The molecule has 0 aliphatic heterocycles. The second kappa shape index (κ2) is 5.71. The number of aliphatic hydroxyl groups is 1. The molecule has 0 radical (unpaired) electrons. The zero-order valence-corrected chi connectivity index (χ0v) is 10.5. The Bertz CT molecular complexity index is 286. The molecule has 0 rings (SSSR count). The summed E-state index contributed by atoms with van der Waals surface area (Å²) < 4.78 is 21.8. The molecule has 0 atom stereocenters. The van der Waals surface area contributed by atoms with Gasteiger partial charge in [-0.05, 0) is 25.7 Å². The van der Waals surface area contributed by atoms with Crippen molar-refractivity contribution < 1.29 is 39.5 Å². The first kappa shape index (κ1) is 16.2. The zero-order chi connectivity index (χ0) is 13.0. The van der Waals surface area contributed by atoms with Crippen LogP contribution in [0.15, 0.2) is 0 Å². The van der Waals surface area contributed by atoms with Gasteiger partial charge in [0, 0.05) is 0 Å². The Morgan fingerprint density at radius 3 is 1.69 bits per heavy atom. The van der Waals surface area contributed by atoms with Crippen molar-refractivity contribution in [2.24, 2.45) is 0 Å². The molecule has 0 amide bonds. The van der Waals surface area contributed by atoms with Crippen molar-refractivity contribution in [1.82, 2.24) is 0 Å². The third kappa shape index (κ3) is 3.91. The molecular weight excluding hydrogens is 260 g/mol. The lowest BCUT2D eigenvalue weighted by molar-refractivity contribution is -0.368. The maximum absolute atomic E-state index is 10.9. The van der Waals surface area contributed by atoms with E-state index in [-0.39, 0.29) is 6.42 Å². The van der Waals surface area contributed by atoms with E-state index in [1.165, 1.54) is 0 Å².